The van der Waals surface area contributed by atoms with E-state index in [1.807, 2.05) is 18.2 Å². The normalized spacial score (nSPS) is 16.0. The van der Waals surface area contributed by atoms with Gasteiger partial charge in [-0.05, 0) is 66.2 Å². The Kier molecular flexibility index (Phi) is 5.82. The van der Waals surface area contributed by atoms with Crippen molar-refractivity contribution in [1.82, 2.24) is 5.32 Å². The molecule has 2 aromatic rings. The number of hydrogen-bond donors (Lipinski definition) is 1. The van der Waals surface area contributed by atoms with Gasteiger partial charge in [-0.25, -0.2) is 0 Å². The number of nitrogens with zero attached hydrogens (tertiary/aromatic N) is 1. The number of thiocarbonyl (C=S) groups is 1. The summed E-state index contributed by atoms with van der Waals surface area (Å²) in [5, 5.41) is 3.14. The van der Waals surface area contributed by atoms with Crippen LogP contribution >= 0.6 is 23.8 Å². The van der Waals surface area contributed by atoms with Crippen molar-refractivity contribution in [1.29, 1.82) is 0 Å². The SMILES string of the molecule is COc1ccc(C(C)C)cc1C=C1C(=O)NC(=S)N(c2ccc(Cl)cc2)C1=O. The molecule has 3 rings (SSSR count). The van der Waals surface area contributed by atoms with Crippen LogP contribution < -0.4 is 15.0 Å². The predicted molar refractivity (Wildman–Crippen MR) is 115 cm³/mol. The number of halogens is 1. The highest BCUT2D eigenvalue weighted by Crippen LogP contribution is 2.28. The van der Waals surface area contributed by atoms with E-state index in [9.17, 15) is 9.59 Å². The fraction of sp³-hybridized carbons (Fsp3) is 0.190. The fourth-order valence-corrected chi connectivity index (χ4v) is 3.27. The largest absolute Gasteiger partial charge is 0.496 e. The Bertz CT molecular complexity index is 984. The van der Waals surface area contributed by atoms with E-state index in [0.29, 0.717) is 22.0 Å². The highest BCUT2D eigenvalue weighted by molar-refractivity contribution is 7.80. The molecule has 5 nitrogen and oxygen atoms in total. The van der Waals surface area contributed by atoms with E-state index >= 15 is 0 Å². The second-order valence-corrected chi connectivity index (χ2v) is 7.41. The number of benzene rings is 2. The third-order valence-electron chi connectivity index (χ3n) is 4.41. The molecule has 144 valence electrons. The van der Waals surface area contributed by atoms with Crippen LogP contribution in [0.1, 0.15) is 30.9 Å². The van der Waals surface area contributed by atoms with E-state index < -0.39 is 11.8 Å². The first-order valence-electron chi connectivity index (χ1n) is 8.66. The van der Waals surface area contributed by atoms with Crippen molar-refractivity contribution in [3.05, 3.63) is 64.2 Å². The Labute approximate surface area is 173 Å². The average Bonchev–Trinajstić information content (AvgIpc) is 2.66. The zero-order valence-electron chi connectivity index (χ0n) is 15.7. The number of rotatable bonds is 4. The van der Waals surface area contributed by atoms with Crippen LogP contribution in [0.15, 0.2) is 48.0 Å². The molecule has 0 aromatic heterocycles. The van der Waals surface area contributed by atoms with Crippen molar-refractivity contribution in [3.63, 3.8) is 0 Å². The second-order valence-electron chi connectivity index (χ2n) is 6.59. The smallest absolute Gasteiger partial charge is 0.270 e. The first-order chi connectivity index (χ1) is 13.3. The summed E-state index contributed by atoms with van der Waals surface area (Å²) >= 11 is 11.1. The molecule has 1 heterocycles. The standard InChI is InChI=1S/C21H19ClN2O3S/c1-12(2)13-4-9-18(27-3)14(10-13)11-17-19(25)23-21(28)24(20(17)26)16-7-5-15(22)6-8-16/h4-12H,1-3H3,(H,23,25,28). The maximum atomic E-state index is 13.1. The van der Waals surface area contributed by atoms with Crippen LogP contribution in [0.25, 0.3) is 6.08 Å². The van der Waals surface area contributed by atoms with Crippen LogP contribution in [0.3, 0.4) is 0 Å². The third-order valence-corrected chi connectivity index (χ3v) is 4.94. The van der Waals surface area contributed by atoms with Gasteiger partial charge in [-0.3, -0.25) is 19.8 Å². The van der Waals surface area contributed by atoms with Gasteiger partial charge in [0.25, 0.3) is 11.8 Å². The summed E-state index contributed by atoms with van der Waals surface area (Å²) < 4.78 is 5.40. The number of carbonyl (C=O) groups excluding carboxylic acids is 2. The molecule has 2 aromatic carbocycles. The number of nitrogens with one attached hydrogen (secondary N) is 1. The van der Waals surface area contributed by atoms with Gasteiger partial charge in [0.1, 0.15) is 11.3 Å². The summed E-state index contributed by atoms with van der Waals surface area (Å²) in [5.74, 6) is -0.189. The summed E-state index contributed by atoms with van der Waals surface area (Å²) in [4.78, 5) is 26.9. The van der Waals surface area contributed by atoms with Crippen molar-refractivity contribution >= 4 is 52.5 Å². The molecule has 28 heavy (non-hydrogen) atoms. The highest BCUT2D eigenvalue weighted by Gasteiger charge is 2.34. The highest BCUT2D eigenvalue weighted by atomic mass is 35.5. The molecular weight excluding hydrogens is 396 g/mol. The van der Waals surface area contributed by atoms with Gasteiger partial charge in [0.05, 0.1) is 12.8 Å². The van der Waals surface area contributed by atoms with E-state index in [4.69, 9.17) is 28.6 Å². The van der Waals surface area contributed by atoms with Crippen molar-refractivity contribution in [2.75, 3.05) is 12.0 Å². The van der Waals surface area contributed by atoms with Gasteiger partial charge in [0.15, 0.2) is 5.11 Å². The lowest BCUT2D eigenvalue weighted by Crippen LogP contribution is -2.54. The van der Waals surface area contributed by atoms with Gasteiger partial charge < -0.3 is 4.74 Å². The number of hydrogen-bond acceptors (Lipinski definition) is 4. The molecule has 7 heteroatoms. The topological polar surface area (TPSA) is 58.6 Å². The summed E-state index contributed by atoms with van der Waals surface area (Å²) in [6, 6.07) is 12.3. The number of ether oxygens (including phenoxy) is 1. The maximum Gasteiger partial charge on any atom is 0.270 e. The number of carbonyl (C=O) groups is 2. The van der Waals surface area contributed by atoms with Gasteiger partial charge >= 0.3 is 0 Å². The molecule has 1 N–H and O–H groups in total. The van der Waals surface area contributed by atoms with Crippen LogP contribution in [0.5, 0.6) is 5.75 Å². The first kappa shape index (κ1) is 20.0. The monoisotopic (exact) mass is 414 g/mol. The lowest BCUT2D eigenvalue weighted by molar-refractivity contribution is -0.122. The minimum atomic E-state index is -0.544. The second kappa shape index (κ2) is 8.12. The van der Waals surface area contributed by atoms with Gasteiger partial charge in [0.2, 0.25) is 0 Å². The molecule has 0 spiro atoms. The van der Waals surface area contributed by atoms with Gasteiger partial charge in [-0.1, -0.05) is 31.5 Å². The molecule has 0 radical (unpaired) electrons. The molecular formula is C21H19ClN2O3S. The molecule has 0 saturated carbocycles. The van der Waals surface area contributed by atoms with Crippen molar-refractivity contribution < 1.29 is 14.3 Å². The molecule has 0 bridgehead atoms. The van der Waals surface area contributed by atoms with Crippen molar-refractivity contribution in [3.8, 4) is 5.75 Å². The Morgan fingerprint density at radius 3 is 2.43 bits per heavy atom. The molecule has 0 atom stereocenters. The van der Waals surface area contributed by atoms with E-state index in [1.54, 1.807) is 31.4 Å². The average molecular weight is 415 g/mol. The molecule has 0 unspecified atom stereocenters. The van der Waals surface area contributed by atoms with Gasteiger partial charge in [-0.2, -0.15) is 0 Å². The molecule has 1 fully saturated rings. The lowest BCUT2D eigenvalue weighted by atomic mass is 9.98. The first-order valence-corrected chi connectivity index (χ1v) is 9.45. The lowest BCUT2D eigenvalue weighted by Gasteiger charge is -2.29. The molecule has 1 saturated heterocycles. The van der Waals surface area contributed by atoms with Crippen LogP contribution in [-0.4, -0.2) is 24.0 Å². The molecule has 1 aliphatic rings. The summed E-state index contributed by atoms with van der Waals surface area (Å²) in [6.45, 7) is 4.13. The Balaban J connectivity index is 2.06. The van der Waals surface area contributed by atoms with Gasteiger partial charge in [0, 0.05) is 10.6 Å². The maximum absolute atomic E-state index is 13.1. The van der Waals surface area contributed by atoms with Crippen LogP contribution in [-0.2, 0) is 9.59 Å². The Hall–Kier alpha value is -2.70. The Morgan fingerprint density at radius 1 is 1.14 bits per heavy atom. The minimum absolute atomic E-state index is 0.0252. The summed E-state index contributed by atoms with van der Waals surface area (Å²) in [5.41, 5.74) is 2.22. The molecule has 2 amide bonds. The van der Waals surface area contributed by atoms with Crippen molar-refractivity contribution in [2.45, 2.75) is 19.8 Å². The third kappa shape index (κ3) is 3.93. The minimum Gasteiger partial charge on any atom is -0.496 e. The van der Waals surface area contributed by atoms with Gasteiger partial charge in [-0.15, -0.1) is 0 Å². The van der Waals surface area contributed by atoms with E-state index in [2.05, 4.69) is 19.2 Å². The summed E-state index contributed by atoms with van der Waals surface area (Å²) in [7, 11) is 1.55. The molecule has 0 aliphatic carbocycles. The number of amides is 2. The van der Waals surface area contributed by atoms with E-state index in [0.717, 1.165) is 5.56 Å². The van der Waals surface area contributed by atoms with Crippen LogP contribution in [0.2, 0.25) is 5.02 Å². The zero-order chi connectivity index (χ0) is 20.4. The quantitative estimate of drug-likeness (QED) is 0.460. The van der Waals surface area contributed by atoms with Crippen LogP contribution in [0, 0.1) is 0 Å². The van der Waals surface area contributed by atoms with E-state index in [-0.39, 0.29) is 16.6 Å². The van der Waals surface area contributed by atoms with Crippen molar-refractivity contribution in [2.24, 2.45) is 0 Å². The summed E-state index contributed by atoms with van der Waals surface area (Å²) in [6.07, 6.45) is 1.53. The molecule has 1 aliphatic heterocycles. The number of anilines is 1. The zero-order valence-corrected chi connectivity index (χ0v) is 17.2. The number of methoxy groups -OCH3 is 1. The van der Waals surface area contributed by atoms with E-state index in [1.165, 1.54) is 11.0 Å². The van der Waals surface area contributed by atoms with Crippen LogP contribution in [0.4, 0.5) is 5.69 Å². The Morgan fingerprint density at radius 2 is 1.82 bits per heavy atom. The predicted octanol–water partition coefficient (Wildman–Crippen LogP) is 4.30. The fourth-order valence-electron chi connectivity index (χ4n) is 2.86.